The molecule has 0 aliphatic rings. The molecule has 0 aliphatic carbocycles. The normalized spacial score (nSPS) is 9.89. The largest absolute Gasteiger partial charge is 0.343 e. The van der Waals surface area contributed by atoms with Crippen molar-refractivity contribution in [2.24, 2.45) is 0 Å². The van der Waals surface area contributed by atoms with Gasteiger partial charge >= 0.3 is 0 Å². The fourth-order valence-corrected chi connectivity index (χ4v) is 3.53. The summed E-state index contributed by atoms with van der Waals surface area (Å²) in [6.07, 6.45) is 7.60. The molecule has 0 aliphatic heterocycles. The van der Waals surface area contributed by atoms with E-state index in [0.29, 0.717) is 34.6 Å². The second-order valence-corrected chi connectivity index (χ2v) is 10.2. The fourth-order valence-electron chi connectivity index (χ4n) is 2.43. The van der Waals surface area contributed by atoms with Crippen LogP contribution in [-0.2, 0) is 0 Å². The van der Waals surface area contributed by atoms with Gasteiger partial charge in [-0.2, -0.15) is 0 Å². The molecule has 4 amide bonds. The summed E-state index contributed by atoms with van der Waals surface area (Å²) in [5, 5.41) is 10.9. The number of hydrogen-bond donors (Lipinski definition) is 4. The first-order chi connectivity index (χ1) is 17.4. The molecular formula is C23H31N5O4S4. The minimum Gasteiger partial charge on any atom is -0.343 e. The third kappa shape index (κ3) is 12.1. The van der Waals surface area contributed by atoms with E-state index in [9.17, 15) is 19.2 Å². The van der Waals surface area contributed by atoms with Gasteiger partial charge in [-0.25, -0.2) is 4.98 Å². The maximum absolute atomic E-state index is 11.7. The molecule has 0 unspecified atom stereocenters. The van der Waals surface area contributed by atoms with Gasteiger partial charge in [-0.3, -0.25) is 19.2 Å². The zero-order valence-electron chi connectivity index (χ0n) is 20.6. The van der Waals surface area contributed by atoms with E-state index in [4.69, 9.17) is 0 Å². The van der Waals surface area contributed by atoms with Gasteiger partial charge in [-0.05, 0) is 55.4 Å². The summed E-state index contributed by atoms with van der Waals surface area (Å²) >= 11 is 6.07. The highest BCUT2D eigenvalue weighted by atomic mass is 32.2. The lowest BCUT2D eigenvalue weighted by Gasteiger charge is -2.06. The molecule has 0 saturated heterocycles. The Kier molecular flexibility index (Phi) is 16.6. The van der Waals surface area contributed by atoms with Gasteiger partial charge in [0.25, 0.3) is 23.6 Å². The first-order valence-electron chi connectivity index (χ1n) is 10.5. The number of carbonyl (C=O) groups excluding carboxylic acids is 4. The molecule has 0 atom stereocenters. The summed E-state index contributed by atoms with van der Waals surface area (Å²) in [5.74, 6) is 1.27. The van der Waals surface area contributed by atoms with Gasteiger partial charge in [0.05, 0.1) is 23.5 Å². The third-order valence-electron chi connectivity index (χ3n) is 4.11. The van der Waals surface area contributed by atoms with Crippen LogP contribution in [-0.4, -0.2) is 77.1 Å². The second kappa shape index (κ2) is 18.9. The smallest absolute Gasteiger partial charge is 0.270 e. The highest BCUT2D eigenvalue weighted by molar-refractivity contribution is 7.99. The lowest BCUT2D eigenvalue weighted by Crippen LogP contribution is -2.27. The van der Waals surface area contributed by atoms with Crippen LogP contribution in [0.25, 0.3) is 0 Å². The Labute approximate surface area is 228 Å². The van der Waals surface area contributed by atoms with Gasteiger partial charge in [-0.1, -0.05) is 12.1 Å². The summed E-state index contributed by atoms with van der Waals surface area (Å²) in [6, 6.07) is 11.5. The number of nitrogens with zero attached hydrogens (tertiary/aromatic N) is 1. The van der Waals surface area contributed by atoms with E-state index >= 15 is 0 Å². The van der Waals surface area contributed by atoms with Crippen LogP contribution in [0.1, 0.15) is 41.7 Å². The molecule has 36 heavy (non-hydrogen) atoms. The molecule has 1 aromatic heterocycles. The Hall–Kier alpha value is -2.35. The Balaban J connectivity index is 0.000000360. The van der Waals surface area contributed by atoms with Crippen molar-refractivity contribution >= 4 is 70.7 Å². The maximum atomic E-state index is 11.7. The molecule has 196 valence electrons. The minimum absolute atomic E-state index is 0.163. The maximum Gasteiger partial charge on any atom is 0.270 e. The Morgan fingerprint density at radius 1 is 0.583 bits per heavy atom. The van der Waals surface area contributed by atoms with E-state index in [-0.39, 0.29) is 35.0 Å². The number of amides is 4. The van der Waals surface area contributed by atoms with Gasteiger partial charge in [0.1, 0.15) is 11.4 Å². The van der Waals surface area contributed by atoms with Crippen molar-refractivity contribution in [2.75, 3.05) is 48.5 Å². The van der Waals surface area contributed by atoms with Gasteiger partial charge < -0.3 is 21.3 Å². The van der Waals surface area contributed by atoms with Crippen LogP contribution in [0.2, 0.25) is 0 Å². The van der Waals surface area contributed by atoms with Crippen molar-refractivity contribution in [3.8, 4) is 0 Å². The van der Waals surface area contributed by atoms with Crippen LogP contribution in [0, 0.1) is 0 Å². The Morgan fingerprint density at radius 3 is 1.28 bits per heavy atom. The van der Waals surface area contributed by atoms with Crippen LogP contribution in [0.4, 0.5) is 0 Å². The van der Waals surface area contributed by atoms with E-state index in [0.717, 1.165) is 0 Å². The lowest BCUT2D eigenvalue weighted by molar-refractivity contribution is 0.0940. The number of carbonyl (C=O) groups is 4. The Morgan fingerprint density at radius 2 is 0.917 bits per heavy atom. The van der Waals surface area contributed by atoms with Crippen LogP contribution in [0.3, 0.4) is 0 Å². The SMILES string of the molecule is CSCNC(=O)c1cccc(C(=O)NCSC)c1.CSCNC(=O)c1cccc(C(=O)NCSC)n1. The number of benzene rings is 1. The quantitative estimate of drug-likeness (QED) is 0.285. The number of thioether (sulfide) groups is 4. The van der Waals surface area contributed by atoms with E-state index < -0.39 is 0 Å². The summed E-state index contributed by atoms with van der Waals surface area (Å²) in [7, 11) is 0. The van der Waals surface area contributed by atoms with Crippen molar-refractivity contribution in [3.05, 3.63) is 65.0 Å². The van der Waals surface area contributed by atoms with Crippen molar-refractivity contribution in [2.45, 2.75) is 0 Å². The highest BCUT2D eigenvalue weighted by Crippen LogP contribution is 2.06. The number of pyridine rings is 1. The zero-order chi connectivity index (χ0) is 26.8. The first-order valence-corrected chi connectivity index (χ1v) is 16.1. The number of rotatable bonds is 12. The predicted molar refractivity (Wildman–Crippen MR) is 154 cm³/mol. The monoisotopic (exact) mass is 569 g/mol. The van der Waals surface area contributed by atoms with Gasteiger partial charge in [0.2, 0.25) is 0 Å². The van der Waals surface area contributed by atoms with E-state index in [1.165, 1.54) is 47.0 Å². The molecule has 1 heterocycles. The average Bonchev–Trinajstić information content (AvgIpc) is 2.92. The molecule has 0 saturated carbocycles. The zero-order valence-corrected chi connectivity index (χ0v) is 23.8. The third-order valence-corrected chi connectivity index (χ3v) is 5.84. The van der Waals surface area contributed by atoms with E-state index in [1.807, 2.05) is 25.0 Å². The van der Waals surface area contributed by atoms with Gasteiger partial charge in [0, 0.05) is 11.1 Å². The van der Waals surface area contributed by atoms with Crippen LogP contribution < -0.4 is 21.3 Å². The van der Waals surface area contributed by atoms with E-state index in [2.05, 4.69) is 26.3 Å². The first kappa shape index (κ1) is 31.7. The molecule has 2 rings (SSSR count). The summed E-state index contributed by atoms with van der Waals surface area (Å²) in [4.78, 5) is 50.8. The molecule has 4 N–H and O–H groups in total. The molecule has 0 radical (unpaired) electrons. The summed E-state index contributed by atoms with van der Waals surface area (Å²) in [5.41, 5.74) is 1.50. The van der Waals surface area contributed by atoms with Crippen molar-refractivity contribution in [3.63, 3.8) is 0 Å². The predicted octanol–water partition coefficient (Wildman–Crippen LogP) is 2.97. The molecule has 0 spiro atoms. The molecule has 2 aromatic rings. The van der Waals surface area contributed by atoms with E-state index in [1.54, 1.807) is 42.5 Å². The molecule has 1 aromatic carbocycles. The summed E-state index contributed by atoms with van der Waals surface area (Å²) < 4.78 is 0. The second-order valence-electron chi connectivity index (χ2n) is 6.74. The van der Waals surface area contributed by atoms with Crippen LogP contribution >= 0.6 is 47.0 Å². The summed E-state index contributed by atoms with van der Waals surface area (Å²) in [6.45, 7) is 0. The van der Waals surface area contributed by atoms with Crippen LogP contribution in [0.5, 0.6) is 0 Å². The lowest BCUT2D eigenvalue weighted by atomic mass is 10.1. The minimum atomic E-state index is -0.274. The molecule has 9 nitrogen and oxygen atoms in total. The average molecular weight is 570 g/mol. The Bertz CT molecular complexity index is 860. The molecule has 0 fully saturated rings. The number of hydrogen-bond acceptors (Lipinski definition) is 9. The number of nitrogens with one attached hydrogen (secondary N) is 4. The van der Waals surface area contributed by atoms with Gasteiger partial charge in [0.15, 0.2) is 0 Å². The van der Waals surface area contributed by atoms with Gasteiger partial charge in [-0.15, -0.1) is 47.0 Å². The number of aromatic nitrogens is 1. The standard InChI is InChI=1S/C12H16N2O2S2.C11H15N3O2S2/c1-17-7-13-11(15)9-4-3-5-10(6-9)12(16)14-8-18-2;1-17-6-12-10(15)8-4-3-5-9(14-8)11(16)13-7-18-2/h3-6H,7-8H2,1-2H3,(H,13,15)(H,14,16);3-5H,6-7H2,1-2H3,(H,12,15)(H,13,16). The highest BCUT2D eigenvalue weighted by Gasteiger charge is 2.11. The van der Waals surface area contributed by atoms with Crippen molar-refractivity contribution < 1.29 is 19.2 Å². The van der Waals surface area contributed by atoms with Crippen molar-refractivity contribution in [1.82, 2.24) is 26.3 Å². The fraction of sp³-hybridized carbons (Fsp3) is 0.348. The van der Waals surface area contributed by atoms with Crippen LogP contribution in [0.15, 0.2) is 42.5 Å². The molecular weight excluding hydrogens is 539 g/mol. The van der Waals surface area contributed by atoms with Crippen molar-refractivity contribution in [1.29, 1.82) is 0 Å². The molecule has 13 heteroatoms. The topological polar surface area (TPSA) is 129 Å². The molecule has 0 bridgehead atoms.